The third kappa shape index (κ3) is 17.8. The third-order valence-corrected chi connectivity index (χ3v) is 8.18. The molecule has 0 heterocycles. The van der Waals surface area contributed by atoms with Crippen molar-refractivity contribution in [1.29, 1.82) is 0 Å². The second kappa shape index (κ2) is 19.1. The van der Waals surface area contributed by atoms with Crippen molar-refractivity contribution < 1.29 is 9.53 Å². The van der Waals surface area contributed by atoms with E-state index in [0.29, 0.717) is 12.2 Å². The van der Waals surface area contributed by atoms with Crippen LogP contribution in [0.15, 0.2) is 24.3 Å². The predicted molar refractivity (Wildman–Crippen MR) is 148 cm³/mol. The summed E-state index contributed by atoms with van der Waals surface area (Å²) >= 11 is 0. The summed E-state index contributed by atoms with van der Waals surface area (Å²) in [6.45, 7) is 10.7. The summed E-state index contributed by atoms with van der Waals surface area (Å²) in [6.07, 6.45) is 21.1. The number of carbonyl (C=O) groups is 1. The van der Waals surface area contributed by atoms with Gasteiger partial charge in [0, 0.05) is 20.3 Å². The summed E-state index contributed by atoms with van der Waals surface area (Å²) in [5, 5.41) is 3.45. The largest absolute Gasteiger partial charge is 0.462 e. The number of unbranched alkanes of at least 4 members (excludes halogenated alkanes) is 14. The van der Waals surface area contributed by atoms with E-state index in [4.69, 9.17) is 4.74 Å². The predicted octanol–water partition coefficient (Wildman–Crippen LogP) is 9.46. The second-order valence-electron chi connectivity index (χ2n) is 10.8. The van der Waals surface area contributed by atoms with Crippen molar-refractivity contribution in [2.24, 2.45) is 0 Å². The van der Waals surface area contributed by atoms with E-state index in [1.807, 2.05) is 31.2 Å². The first-order valence-corrected chi connectivity index (χ1v) is 17.6. The standard InChI is InChI=1S/C29H53NO2Si/c1-5-32-29(31)27-21-23-28(24-22-27)30-25-19-17-15-13-11-9-7-6-8-10-12-14-16-18-20-26-33(2,3)4/h21-24,30H,5-20,25-26H2,1-4H3. The summed E-state index contributed by atoms with van der Waals surface area (Å²) < 4.78 is 5.01. The van der Waals surface area contributed by atoms with Crippen LogP contribution in [0, 0.1) is 0 Å². The third-order valence-electron chi connectivity index (χ3n) is 6.33. The van der Waals surface area contributed by atoms with Crippen molar-refractivity contribution >= 4 is 19.7 Å². The molecule has 0 bridgehead atoms. The number of hydrogen-bond donors (Lipinski definition) is 1. The number of rotatable bonds is 21. The van der Waals surface area contributed by atoms with Gasteiger partial charge in [0.1, 0.15) is 0 Å². The number of carbonyl (C=O) groups excluding carboxylic acids is 1. The van der Waals surface area contributed by atoms with Gasteiger partial charge in [-0.1, -0.05) is 116 Å². The molecule has 4 heteroatoms. The SMILES string of the molecule is CCOC(=O)c1ccc(NCCCCCCCCCCCCCCCCC[Si](C)(C)C)cc1. The molecule has 0 atom stereocenters. The smallest absolute Gasteiger partial charge is 0.338 e. The summed E-state index contributed by atoms with van der Waals surface area (Å²) in [7, 11) is -0.801. The maximum Gasteiger partial charge on any atom is 0.338 e. The Kier molecular flexibility index (Phi) is 17.2. The molecule has 0 spiro atoms. The van der Waals surface area contributed by atoms with E-state index in [2.05, 4.69) is 25.0 Å². The van der Waals surface area contributed by atoms with Gasteiger partial charge in [0.05, 0.1) is 12.2 Å². The Labute approximate surface area is 206 Å². The van der Waals surface area contributed by atoms with Gasteiger partial charge in [0.25, 0.3) is 0 Å². The highest BCUT2D eigenvalue weighted by atomic mass is 28.3. The molecule has 0 aliphatic rings. The van der Waals surface area contributed by atoms with Crippen LogP contribution >= 0.6 is 0 Å². The molecule has 0 aromatic heterocycles. The van der Waals surface area contributed by atoms with Crippen LogP contribution in [0.4, 0.5) is 5.69 Å². The van der Waals surface area contributed by atoms with Crippen LogP contribution in [-0.2, 0) is 4.74 Å². The molecule has 1 rings (SSSR count). The minimum absolute atomic E-state index is 0.248. The zero-order valence-electron chi connectivity index (χ0n) is 22.4. The Bertz CT molecular complexity index is 595. The Hall–Kier alpha value is -1.29. The maximum atomic E-state index is 11.7. The average Bonchev–Trinajstić information content (AvgIpc) is 2.78. The molecule has 0 amide bonds. The fourth-order valence-corrected chi connectivity index (χ4v) is 5.56. The molecule has 0 saturated carbocycles. The zero-order valence-corrected chi connectivity index (χ0v) is 23.4. The van der Waals surface area contributed by atoms with Crippen LogP contribution in [0.5, 0.6) is 0 Å². The first-order valence-electron chi connectivity index (χ1n) is 13.9. The molecular weight excluding hydrogens is 422 g/mol. The van der Waals surface area contributed by atoms with Gasteiger partial charge in [-0.3, -0.25) is 0 Å². The van der Waals surface area contributed by atoms with E-state index in [-0.39, 0.29) is 5.97 Å². The van der Waals surface area contributed by atoms with Gasteiger partial charge in [-0.2, -0.15) is 0 Å². The van der Waals surface area contributed by atoms with Crippen LogP contribution in [0.25, 0.3) is 0 Å². The first-order chi connectivity index (χ1) is 15.9. The molecule has 0 aliphatic heterocycles. The van der Waals surface area contributed by atoms with Crippen LogP contribution in [-0.4, -0.2) is 27.2 Å². The van der Waals surface area contributed by atoms with Gasteiger partial charge in [-0.25, -0.2) is 4.79 Å². The van der Waals surface area contributed by atoms with Crippen molar-refractivity contribution in [3.05, 3.63) is 29.8 Å². The van der Waals surface area contributed by atoms with Gasteiger partial charge >= 0.3 is 5.97 Å². The fraction of sp³-hybridized carbons (Fsp3) is 0.759. The number of anilines is 1. The lowest BCUT2D eigenvalue weighted by Gasteiger charge is -2.14. The number of nitrogens with one attached hydrogen (secondary N) is 1. The van der Waals surface area contributed by atoms with E-state index in [0.717, 1.165) is 12.2 Å². The average molecular weight is 476 g/mol. The quantitative estimate of drug-likeness (QED) is 0.109. The summed E-state index contributed by atoms with van der Waals surface area (Å²) in [5.74, 6) is -0.248. The summed E-state index contributed by atoms with van der Waals surface area (Å²) in [4.78, 5) is 11.7. The zero-order chi connectivity index (χ0) is 24.2. The summed E-state index contributed by atoms with van der Waals surface area (Å²) in [5.41, 5.74) is 1.69. The van der Waals surface area contributed by atoms with Crippen molar-refractivity contribution in [2.75, 3.05) is 18.5 Å². The van der Waals surface area contributed by atoms with Crippen LogP contribution < -0.4 is 5.32 Å². The van der Waals surface area contributed by atoms with E-state index in [9.17, 15) is 4.79 Å². The van der Waals surface area contributed by atoms with Crippen molar-refractivity contribution in [3.8, 4) is 0 Å². The highest BCUT2D eigenvalue weighted by Gasteiger charge is 2.11. The van der Waals surface area contributed by atoms with Crippen molar-refractivity contribution in [3.63, 3.8) is 0 Å². The minimum Gasteiger partial charge on any atom is -0.462 e. The van der Waals surface area contributed by atoms with Gasteiger partial charge < -0.3 is 10.1 Å². The van der Waals surface area contributed by atoms with Gasteiger partial charge in [0.15, 0.2) is 0 Å². The van der Waals surface area contributed by atoms with Gasteiger partial charge in [0.2, 0.25) is 0 Å². The molecule has 1 aromatic carbocycles. The molecule has 1 N–H and O–H groups in total. The molecule has 0 radical (unpaired) electrons. The first kappa shape index (κ1) is 29.7. The van der Waals surface area contributed by atoms with Gasteiger partial charge in [-0.15, -0.1) is 0 Å². The van der Waals surface area contributed by atoms with Crippen molar-refractivity contribution in [1.82, 2.24) is 0 Å². The molecule has 3 nitrogen and oxygen atoms in total. The minimum atomic E-state index is -0.801. The molecule has 0 saturated heterocycles. The lowest BCUT2D eigenvalue weighted by molar-refractivity contribution is 0.0526. The Morgan fingerprint density at radius 2 is 1.12 bits per heavy atom. The van der Waals surface area contributed by atoms with Crippen molar-refractivity contribution in [2.45, 2.75) is 129 Å². The molecular formula is C29H53NO2Si. The number of esters is 1. The number of ether oxygens (including phenoxy) is 1. The van der Waals surface area contributed by atoms with E-state index in [1.54, 1.807) is 0 Å². The Morgan fingerprint density at radius 3 is 1.55 bits per heavy atom. The normalized spacial score (nSPS) is 11.5. The van der Waals surface area contributed by atoms with E-state index in [1.165, 1.54) is 102 Å². The highest BCUT2D eigenvalue weighted by molar-refractivity contribution is 6.76. The van der Waals surface area contributed by atoms with Crippen LogP contribution in [0.1, 0.15) is 114 Å². The highest BCUT2D eigenvalue weighted by Crippen LogP contribution is 2.17. The molecule has 1 aromatic rings. The Balaban J connectivity index is 1.81. The number of benzene rings is 1. The summed E-state index contributed by atoms with van der Waals surface area (Å²) in [6, 6.07) is 9.09. The molecule has 0 fully saturated rings. The fourth-order valence-electron chi connectivity index (χ4n) is 4.25. The topological polar surface area (TPSA) is 38.3 Å². The second-order valence-corrected chi connectivity index (χ2v) is 16.5. The lowest BCUT2D eigenvalue weighted by Crippen LogP contribution is -2.18. The molecule has 0 unspecified atom stereocenters. The van der Waals surface area contributed by atoms with E-state index < -0.39 is 8.07 Å². The van der Waals surface area contributed by atoms with E-state index >= 15 is 0 Å². The lowest BCUT2D eigenvalue weighted by atomic mass is 10.0. The maximum absolute atomic E-state index is 11.7. The molecule has 0 aliphatic carbocycles. The molecule has 33 heavy (non-hydrogen) atoms. The van der Waals surface area contributed by atoms with Crippen LogP contribution in [0.2, 0.25) is 25.7 Å². The van der Waals surface area contributed by atoms with Crippen LogP contribution in [0.3, 0.4) is 0 Å². The number of hydrogen-bond acceptors (Lipinski definition) is 3. The van der Waals surface area contributed by atoms with Gasteiger partial charge in [-0.05, 0) is 37.6 Å². The monoisotopic (exact) mass is 475 g/mol. The Morgan fingerprint density at radius 1 is 0.697 bits per heavy atom. The molecule has 190 valence electrons.